The van der Waals surface area contributed by atoms with E-state index < -0.39 is 0 Å². The summed E-state index contributed by atoms with van der Waals surface area (Å²) in [7, 11) is 1.92. The lowest BCUT2D eigenvalue weighted by atomic mass is 9.98. The fourth-order valence-corrected chi connectivity index (χ4v) is 1.88. The molecule has 1 aliphatic rings. The minimum atomic E-state index is 0.227. The van der Waals surface area contributed by atoms with E-state index in [2.05, 4.69) is 12.2 Å². The van der Waals surface area contributed by atoms with Gasteiger partial charge in [-0.25, -0.2) is 0 Å². The summed E-state index contributed by atoms with van der Waals surface area (Å²) in [6.45, 7) is 5.00. The van der Waals surface area contributed by atoms with E-state index in [1.807, 2.05) is 11.9 Å². The molecule has 0 bridgehead atoms. The molecule has 0 aromatic heterocycles. The van der Waals surface area contributed by atoms with Crippen molar-refractivity contribution in [1.29, 1.82) is 0 Å². The van der Waals surface area contributed by atoms with Gasteiger partial charge in [-0.05, 0) is 25.8 Å². The molecule has 0 aromatic carbocycles. The number of nitrogens with zero attached hydrogens (tertiary/aromatic N) is 1. The smallest absolute Gasteiger partial charge is 0.226 e. The molecule has 0 aromatic rings. The third-order valence-corrected chi connectivity index (χ3v) is 2.87. The SMILES string of the molecule is CCCCN(C)C(=O)[C@H]1CCCNC1. The number of hydrogen-bond acceptors (Lipinski definition) is 2. The van der Waals surface area contributed by atoms with Crippen LogP contribution in [0.1, 0.15) is 32.6 Å². The molecule has 1 rings (SSSR count). The zero-order chi connectivity index (χ0) is 10.4. The Morgan fingerprint density at radius 3 is 2.93 bits per heavy atom. The first-order valence-electron chi connectivity index (χ1n) is 5.71. The maximum atomic E-state index is 11.9. The monoisotopic (exact) mass is 198 g/mol. The van der Waals surface area contributed by atoms with Crippen molar-refractivity contribution in [3.63, 3.8) is 0 Å². The van der Waals surface area contributed by atoms with Crippen molar-refractivity contribution in [2.45, 2.75) is 32.6 Å². The van der Waals surface area contributed by atoms with Crippen molar-refractivity contribution in [2.24, 2.45) is 5.92 Å². The largest absolute Gasteiger partial charge is 0.345 e. The molecule has 0 spiro atoms. The summed E-state index contributed by atoms with van der Waals surface area (Å²) in [5, 5.41) is 3.28. The molecule has 1 saturated heterocycles. The van der Waals surface area contributed by atoms with Crippen molar-refractivity contribution >= 4 is 5.91 Å². The van der Waals surface area contributed by atoms with Crippen molar-refractivity contribution in [2.75, 3.05) is 26.7 Å². The fraction of sp³-hybridized carbons (Fsp3) is 0.909. The van der Waals surface area contributed by atoms with E-state index in [9.17, 15) is 4.79 Å². The Morgan fingerprint density at radius 2 is 2.36 bits per heavy atom. The maximum absolute atomic E-state index is 11.9. The maximum Gasteiger partial charge on any atom is 0.226 e. The second-order valence-electron chi connectivity index (χ2n) is 4.16. The Morgan fingerprint density at radius 1 is 1.57 bits per heavy atom. The number of hydrogen-bond donors (Lipinski definition) is 1. The highest BCUT2D eigenvalue weighted by Crippen LogP contribution is 2.12. The summed E-state index contributed by atoms with van der Waals surface area (Å²) in [6.07, 6.45) is 4.46. The molecule has 0 saturated carbocycles. The summed E-state index contributed by atoms with van der Waals surface area (Å²) in [5.74, 6) is 0.552. The predicted octanol–water partition coefficient (Wildman–Crippen LogP) is 1.24. The van der Waals surface area contributed by atoms with Gasteiger partial charge >= 0.3 is 0 Å². The van der Waals surface area contributed by atoms with Gasteiger partial charge in [0, 0.05) is 20.1 Å². The third kappa shape index (κ3) is 3.29. The lowest BCUT2D eigenvalue weighted by Crippen LogP contribution is -2.41. The van der Waals surface area contributed by atoms with Crippen LogP contribution in [-0.2, 0) is 4.79 Å². The molecule has 1 aliphatic heterocycles. The molecule has 1 heterocycles. The number of carbonyl (C=O) groups excluding carboxylic acids is 1. The second-order valence-corrected chi connectivity index (χ2v) is 4.16. The van der Waals surface area contributed by atoms with Gasteiger partial charge in [0.25, 0.3) is 0 Å². The normalized spacial score (nSPS) is 22.0. The third-order valence-electron chi connectivity index (χ3n) is 2.87. The zero-order valence-electron chi connectivity index (χ0n) is 9.38. The molecule has 1 N–H and O–H groups in total. The first-order chi connectivity index (χ1) is 6.75. The zero-order valence-corrected chi connectivity index (χ0v) is 9.38. The van der Waals surface area contributed by atoms with Crippen LogP contribution < -0.4 is 5.32 Å². The summed E-state index contributed by atoms with van der Waals surface area (Å²) in [5.41, 5.74) is 0. The minimum absolute atomic E-state index is 0.227. The van der Waals surface area contributed by atoms with Crippen molar-refractivity contribution in [3.05, 3.63) is 0 Å². The molecule has 14 heavy (non-hydrogen) atoms. The van der Waals surface area contributed by atoms with Crippen LogP contribution in [0.3, 0.4) is 0 Å². The number of amides is 1. The van der Waals surface area contributed by atoms with Crippen molar-refractivity contribution in [1.82, 2.24) is 10.2 Å². The van der Waals surface area contributed by atoms with Gasteiger partial charge in [-0.15, -0.1) is 0 Å². The number of nitrogens with one attached hydrogen (secondary N) is 1. The molecular formula is C11H22N2O. The number of piperidine rings is 1. The van der Waals surface area contributed by atoms with Crippen LogP contribution in [0.4, 0.5) is 0 Å². The molecule has 1 amide bonds. The average Bonchev–Trinajstić information content (AvgIpc) is 2.26. The van der Waals surface area contributed by atoms with Gasteiger partial charge in [-0.3, -0.25) is 4.79 Å². The summed E-state index contributed by atoms with van der Waals surface area (Å²) < 4.78 is 0. The summed E-state index contributed by atoms with van der Waals surface area (Å²) >= 11 is 0. The molecule has 3 nitrogen and oxygen atoms in total. The predicted molar refractivity (Wildman–Crippen MR) is 58.1 cm³/mol. The van der Waals surface area contributed by atoms with E-state index in [0.717, 1.165) is 45.3 Å². The average molecular weight is 198 g/mol. The lowest BCUT2D eigenvalue weighted by molar-refractivity contribution is -0.134. The molecule has 3 heteroatoms. The Kier molecular flexibility index (Phi) is 4.94. The van der Waals surface area contributed by atoms with Gasteiger partial charge in [0.2, 0.25) is 5.91 Å². The molecular weight excluding hydrogens is 176 g/mol. The highest BCUT2D eigenvalue weighted by Gasteiger charge is 2.23. The Balaban J connectivity index is 2.30. The second kappa shape index (κ2) is 6.02. The lowest BCUT2D eigenvalue weighted by Gasteiger charge is -2.26. The molecule has 0 aliphatic carbocycles. The van der Waals surface area contributed by atoms with Crippen LogP contribution in [0.15, 0.2) is 0 Å². The van der Waals surface area contributed by atoms with Gasteiger partial charge in [-0.1, -0.05) is 13.3 Å². The van der Waals surface area contributed by atoms with Gasteiger partial charge in [0.05, 0.1) is 5.92 Å². The number of carbonyl (C=O) groups is 1. The van der Waals surface area contributed by atoms with Crippen LogP contribution in [0.25, 0.3) is 0 Å². The Labute approximate surface area is 86.9 Å². The number of rotatable bonds is 4. The van der Waals surface area contributed by atoms with E-state index in [-0.39, 0.29) is 5.92 Å². The van der Waals surface area contributed by atoms with Gasteiger partial charge in [-0.2, -0.15) is 0 Å². The molecule has 1 fully saturated rings. The minimum Gasteiger partial charge on any atom is -0.345 e. The van der Waals surface area contributed by atoms with Crippen molar-refractivity contribution < 1.29 is 4.79 Å². The van der Waals surface area contributed by atoms with Crippen molar-refractivity contribution in [3.8, 4) is 0 Å². The van der Waals surface area contributed by atoms with Crippen LogP contribution in [-0.4, -0.2) is 37.5 Å². The van der Waals surface area contributed by atoms with Gasteiger partial charge in [0.15, 0.2) is 0 Å². The quantitative estimate of drug-likeness (QED) is 0.737. The molecule has 0 radical (unpaired) electrons. The van der Waals surface area contributed by atoms with E-state index in [4.69, 9.17) is 0 Å². The van der Waals surface area contributed by atoms with Gasteiger partial charge < -0.3 is 10.2 Å². The van der Waals surface area contributed by atoms with Crippen LogP contribution >= 0.6 is 0 Å². The molecule has 82 valence electrons. The first kappa shape index (κ1) is 11.5. The highest BCUT2D eigenvalue weighted by atomic mass is 16.2. The Bertz CT molecular complexity index is 176. The Hall–Kier alpha value is -0.570. The standard InChI is InChI=1S/C11H22N2O/c1-3-4-8-13(2)11(14)10-6-5-7-12-9-10/h10,12H,3-9H2,1-2H3/t10-/m0/s1. The fourth-order valence-electron chi connectivity index (χ4n) is 1.88. The van der Waals surface area contributed by atoms with Gasteiger partial charge in [0.1, 0.15) is 0 Å². The highest BCUT2D eigenvalue weighted by molar-refractivity contribution is 5.78. The van der Waals surface area contributed by atoms with E-state index in [0.29, 0.717) is 5.91 Å². The van der Waals surface area contributed by atoms with Crippen LogP contribution in [0.2, 0.25) is 0 Å². The van der Waals surface area contributed by atoms with E-state index >= 15 is 0 Å². The summed E-state index contributed by atoms with van der Waals surface area (Å²) in [4.78, 5) is 13.8. The van der Waals surface area contributed by atoms with E-state index in [1.54, 1.807) is 0 Å². The molecule has 1 atom stereocenters. The molecule has 0 unspecified atom stereocenters. The topological polar surface area (TPSA) is 32.3 Å². The first-order valence-corrected chi connectivity index (χ1v) is 5.71. The van der Waals surface area contributed by atoms with E-state index in [1.165, 1.54) is 0 Å². The van der Waals surface area contributed by atoms with Crippen LogP contribution in [0, 0.1) is 5.92 Å². The number of unbranched alkanes of at least 4 members (excludes halogenated alkanes) is 1. The summed E-state index contributed by atoms with van der Waals surface area (Å²) in [6, 6.07) is 0. The van der Waals surface area contributed by atoms with Crippen LogP contribution in [0.5, 0.6) is 0 Å².